The molecule has 1 saturated carbocycles. The molecular formula is C23H28N2O4. The number of carbonyl (C=O) groups excluding carboxylic acids is 2. The van der Waals surface area contributed by atoms with Gasteiger partial charge in [-0.25, -0.2) is 0 Å². The highest BCUT2D eigenvalue weighted by Gasteiger charge is 2.56. The van der Waals surface area contributed by atoms with Gasteiger partial charge in [0.05, 0.1) is 19.9 Å². The Morgan fingerprint density at radius 1 is 0.931 bits per heavy atom. The Bertz CT molecular complexity index is 897. The van der Waals surface area contributed by atoms with Gasteiger partial charge in [0, 0.05) is 11.8 Å². The Labute approximate surface area is 171 Å². The number of carbonyl (C=O) groups is 2. The zero-order chi connectivity index (χ0) is 21.0. The number of amides is 2. The number of ether oxygens (including phenoxy) is 2. The van der Waals surface area contributed by atoms with Crippen molar-refractivity contribution >= 4 is 23.2 Å². The van der Waals surface area contributed by atoms with Crippen LogP contribution < -0.4 is 20.1 Å². The molecule has 6 nitrogen and oxygen atoms in total. The first kappa shape index (κ1) is 20.7. The van der Waals surface area contributed by atoms with E-state index in [9.17, 15) is 9.59 Å². The van der Waals surface area contributed by atoms with Gasteiger partial charge in [0.2, 0.25) is 11.8 Å². The van der Waals surface area contributed by atoms with Crippen LogP contribution in [0.5, 0.6) is 11.5 Å². The van der Waals surface area contributed by atoms with Gasteiger partial charge in [-0.3, -0.25) is 9.59 Å². The lowest BCUT2D eigenvalue weighted by Crippen LogP contribution is -2.36. The number of rotatable bonds is 8. The predicted octanol–water partition coefficient (Wildman–Crippen LogP) is 4.19. The number of methoxy groups -OCH3 is 2. The maximum atomic E-state index is 13.1. The molecule has 1 aliphatic rings. The van der Waals surface area contributed by atoms with Gasteiger partial charge in [-0.1, -0.05) is 32.0 Å². The number of aryl methyl sites for hydroxylation is 2. The molecule has 3 rings (SSSR count). The van der Waals surface area contributed by atoms with Gasteiger partial charge in [-0.15, -0.1) is 0 Å². The van der Waals surface area contributed by atoms with Crippen molar-refractivity contribution in [3.8, 4) is 11.5 Å². The molecule has 0 aliphatic heterocycles. The van der Waals surface area contributed by atoms with Crippen molar-refractivity contribution < 1.29 is 19.1 Å². The Kier molecular flexibility index (Phi) is 6.11. The van der Waals surface area contributed by atoms with E-state index >= 15 is 0 Å². The quantitative estimate of drug-likeness (QED) is 0.656. The molecule has 1 aliphatic carbocycles. The average molecular weight is 396 g/mol. The van der Waals surface area contributed by atoms with Gasteiger partial charge in [0.15, 0.2) is 0 Å². The van der Waals surface area contributed by atoms with Crippen molar-refractivity contribution in [2.75, 3.05) is 24.9 Å². The van der Waals surface area contributed by atoms with Crippen LogP contribution in [0.4, 0.5) is 11.4 Å². The molecule has 0 heterocycles. The fraction of sp³-hybridized carbons (Fsp3) is 0.391. The molecule has 0 bridgehead atoms. The van der Waals surface area contributed by atoms with Crippen LogP contribution >= 0.6 is 0 Å². The van der Waals surface area contributed by atoms with Gasteiger partial charge >= 0.3 is 0 Å². The molecule has 29 heavy (non-hydrogen) atoms. The lowest BCUT2D eigenvalue weighted by atomic mass is 10.0. The molecule has 0 unspecified atom stereocenters. The third kappa shape index (κ3) is 4.06. The number of nitrogens with one attached hydrogen (secondary N) is 2. The summed E-state index contributed by atoms with van der Waals surface area (Å²) in [6.45, 7) is 4.11. The van der Waals surface area contributed by atoms with Crippen LogP contribution in [0.1, 0.15) is 37.8 Å². The van der Waals surface area contributed by atoms with E-state index in [0.29, 0.717) is 30.0 Å². The molecule has 2 N–H and O–H groups in total. The zero-order valence-corrected chi connectivity index (χ0v) is 17.4. The van der Waals surface area contributed by atoms with Crippen molar-refractivity contribution in [3.63, 3.8) is 0 Å². The van der Waals surface area contributed by atoms with Crippen LogP contribution in [0.15, 0.2) is 36.4 Å². The number of hydrogen-bond donors (Lipinski definition) is 2. The van der Waals surface area contributed by atoms with Crippen LogP contribution in [-0.4, -0.2) is 26.0 Å². The smallest absolute Gasteiger partial charge is 0.240 e. The van der Waals surface area contributed by atoms with E-state index in [1.165, 1.54) is 7.11 Å². The van der Waals surface area contributed by atoms with E-state index < -0.39 is 5.41 Å². The number of anilines is 2. The number of para-hydroxylation sites is 1. The average Bonchev–Trinajstić information content (AvgIpc) is 3.56. The number of hydrogen-bond acceptors (Lipinski definition) is 4. The van der Waals surface area contributed by atoms with E-state index in [-0.39, 0.29) is 11.8 Å². The summed E-state index contributed by atoms with van der Waals surface area (Å²) < 4.78 is 10.5. The monoisotopic (exact) mass is 396 g/mol. The normalized spacial score (nSPS) is 14.1. The summed E-state index contributed by atoms with van der Waals surface area (Å²) in [7, 11) is 3.09. The molecular weight excluding hydrogens is 368 g/mol. The van der Waals surface area contributed by atoms with Crippen LogP contribution in [-0.2, 0) is 22.4 Å². The highest BCUT2D eigenvalue weighted by molar-refractivity contribution is 6.17. The summed E-state index contributed by atoms with van der Waals surface area (Å²) in [6, 6.07) is 11.2. The Morgan fingerprint density at radius 2 is 1.55 bits per heavy atom. The molecule has 0 aromatic heterocycles. The topological polar surface area (TPSA) is 76.7 Å². The molecule has 154 valence electrons. The third-order valence-corrected chi connectivity index (χ3v) is 5.51. The van der Waals surface area contributed by atoms with Crippen molar-refractivity contribution in [3.05, 3.63) is 47.5 Å². The van der Waals surface area contributed by atoms with Crippen LogP contribution in [0.2, 0.25) is 0 Å². The Morgan fingerprint density at radius 3 is 2.07 bits per heavy atom. The van der Waals surface area contributed by atoms with E-state index in [1.807, 2.05) is 18.2 Å². The molecule has 2 aromatic carbocycles. The highest BCUT2D eigenvalue weighted by Crippen LogP contribution is 2.48. The molecule has 2 aromatic rings. The second-order valence-corrected chi connectivity index (χ2v) is 7.21. The van der Waals surface area contributed by atoms with E-state index in [2.05, 4.69) is 24.5 Å². The maximum Gasteiger partial charge on any atom is 0.240 e. The number of benzene rings is 2. The fourth-order valence-electron chi connectivity index (χ4n) is 3.46. The molecule has 1 fully saturated rings. The summed E-state index contributed by atoms with van der Waals surface area (Å²) in [4.78, 5) is 26.1. The maximum absolute atomic E-state index is 13.1. The van der Waals surface area contributed by atoms with Crippen LogP contribution in [0.25, 0.3) is 0 Å². The van der Waals surface area contributed by atoms with Crippen molar-refractivity contribution in [1.29, 1.82) is 0 Å². The van der Waals surface area contributed by atoms with Crippen molar-refractivity contribution in [2.24, 2.45) is 5.41 Å². The van der Waals surface area contributed by atoms with E-state index in [0.717, 1.165) is 29.7 Å². The van der Waals surface area contributed by atoms with Gasteiger partial charge in [0.25, 0.3) is 0 Å². The summed E-state index contributed by atoms with van der Waals surface area (Å²) in [6.07, 6.45) is 2.68. The lowest BCUT2D eigenvalue weighted by Gasteiger charge is -2.20. The minimum Gasteiger partial charge on any atom is -0.497 e. The van der Waals surface area contributed by atoms with Gasteiger partial charge < -0.3 is 20.1 Å². The molecule has 0 saturated heterocycles. The van der Waals surface area contributed by atoms with Gasteiger partial charge in [-0.05, 0) is 48.9 Å². The largest absolute Gasteiger partial charge is 0.497 e. The molecule has 0 spiro atoms. The van der Waals surface area contributed by atoms with Crippen LogP contribution in [0, 0.1) is 5.41 Å². The molecule has 2 amide bonds. The standard InChI is InChI=1S/C23H28N2O4/c1-5-15-8-7-9-16(6-2)20(15)25-22(27)23(12-13-23)21(26)24-18-11-10-17(28-3)14-19(18)29-4/h7-11,14H,5-6,12-13H2,1-4H3,(H,24,26)(H,25,27). The lowest BCUT2D eigenvalue weighted by molar-refractivity contribution is -0.131. The summed E-state index contributed by atoms with van der Waals surface area (Å²) in [5.74, 6) is 0.545. The predicted molar refractivity (Wildman–Crippen MR) is 114 cm³/mol. The fourth-order valence-corrected chi connectivity index (χ4v) is 3.46. The molecule has 6 heteroatoms. The second-order valence-electron chi connectivity index (χ2n) is 7.21. The minimum absolute atomic E-state index is 0.252. The molecule has 0 radical (unpaired) electrons. The van der Waals surface area contributed by atoms with Gasteiger partial charge in [-0.2, -0.15) is 0 Å². The first-order chi connectivity index (χ1) is 14.0. The summed E-state index contributed by atoms with van der Waals surface area (Å²) in [5, 5.41) is 5.91. The highest BCUT2D eigenvalue weighted by atomic mass is 16.5. The van der Waals surface area contributed by atoms with E-state index in [4.69, 9.17) is 9.47 Å². The molecule has 0 atom stereocenters. The Balaban J connectivity index is 1.80. The first-order valence-corrected chi connectivity index (χ1v) is 9.94. The minimum atomic E-state index is -1.04. The second kappa shape index (κ2) is 8.55. The SMILES string of the molecule is CCc1cccc(CC)c1NC(=O)C1(C(=O)Nc2ccc(OC)cc2OC)CC1. The third-order valence-electron chi connectivity index (χ3n) is 5.51. The van der Waals surface area contributed by atoms with Crippen LogP contribution in [0.3, 0.4) is 0 Å². The summed E-state index contributed by atoms with van der Waals surface area (Å²) in [5.41, 5.74) is 2.46. The Hall–Kier alpha value is -3.02. The van der Waals surface area contributed by atoms with Crippen molar-refractivity contribution in [1.82, 2.24) is 0 Å². The van der Waals surface area contributed by atoms with Crippen molar-refractivity contribution in [2.45, 2.75) is 39.5 Å². The van der Waals surface area contributed by atoms with E-state index in [1.54, 1.807) is 25.3 Å². The summed E-state index contributed by atoms with van der Waals surface area (Å²) >= 11 is 0. The zero-order valence-electron chi connectivity index (χ0n) is 17.4. The first-order valence-electron chi connectivity index (χ1n) is 9.94. The van der Waals surface area contributed by atoms with Gasteiger partial charge in [0.1, 0.15) is 16.9 Å².